The van der Waals surface area contributed by atoms with E-state index in [4.69, 9.17) is 23.2 Å². The second-order valence-corrected chi connectivity index (χ2v) is 13.5. The van der Waals surface area contributed by atoms with E-state index < -0.39 is 6.34 Å². The van der Waals surface area contributed by atoms with Crippen molar-refractivity contribution in [2.45, 2.75) is 6.42 Å². The molecule has 0 radical (unpaired) electrons. The molecule has 0 aliphatic rings. The number of rotatable bonds is 8. The average Bonchev–Trinajstić information content (AvgIpc) is 2.86. The Labute approximate surface area is 209 Å². The predicted octanol–water partition coefficient (Wildman–Crippen LogP) is 8.48. The molecule has 166 valence electrons. The Bertz CT molecular complexity index is 1160. The molecule has 0 saturated heterocycles. The van der Waals surface area contributed by atoms with Gasteiger partial charge in [0, 0.05) is 26.4 Å². The van der Waals surface area contributed by atoms with Crippen LogP contribution in [0.2, 0.25) is 10.0 Å². The van der Waals surface area contributed by atoms with Gasteiger partial charge in [-0.2, -0.15) is 0 Å². The molecule has 0 fully saturated rings. The van der Waals surface area contributed by atoms with E-state index in [1.807, 2.05) is 109 Å². The first-order chi connectivity index (χ1) is 16.1. The SMILES string of the molecule is O=P(SCCC=C(c1ccc(Cl)cc1)c1ccc(Cl)cc1)(c1ccccc1)c1ccccc1. The van der Waals surface area contributed by atoms with Crippen LogP contribution < -0.4 is 10.6 Å². The summed E-state index contributed by atoms with van der Waals surface area (Å²) in [6, 6.07) is 35.2. The highest BCUT2D eigenvalue weighted by Crippen LogP contribution is 2.56. The van der Waals surface area contributed by atoms with Crippen LogP contribution in [-0.2, 0) is 4.57 Å². The molecular weight excluding hydrogens is 486 g/mol. The van der Waals surface area contributed by atoms with E-state index >= 15 is 0 Å². The summed E-state index contributed by atoms with van der Waals surface area (Å²) >= 11 is 13.7. The molecule has 0 aromatic heterocycles. The van der Waals surface area contributed by atoms with E-state index in [1.165, 1.54) is 11.4 Å². The highest BCUT2D eigenvalue weighted by atomic mass is 35.5. The van der Waals surface area contributed by atoms with Crippen LogP contribution in [-0.4, -0.2) is 5.75 Å². The molecule has 4 rings (SSSR count). The fraction of sp³-hybridized carbons (Fsp3) is 0.0714. The molecule has 4 aromatic rings. The van der Waals surface area contributed by atoms with Crippen molar-refractivity contribution >= 4 is 57.1 Å². The van der Waals surface area contributed by atoms with Crippen LogP contribution in [0, 0.1) is 0 Å². The topological polar surface area (TPSA) is 17.1 Å². The van der Waals surface area contributed by atoms with Crippen LogP contribution in [0.3, 0.4) is 0 Å². The maximum absolute atomic E-state index is 14.2. The second kappa shape index (κ2) is 11.3. The Morgan fingerprint density at radius 3 is 1.52 bits per heavy atom. The van der Waals surface area contributed by atoms with Gasteiger partial charge in [-0.15, -0.1) is 0 Å². The Balaban J connectivity index is 1.59. The normalized spacial score (nSPS) is 11.2. The molecular formula is C28H23Cl2OPS. The summed E-state index contributed by atoms with van der Waals surface area (Å²) in [6.45, 7) is 0. The van der Waals surface area contributed by atoms with Gasteiger partial charge in [0.05, 0.1) is 0 Å². The number of hydrogen-bond acceptors (Lipinski definition) is 2. The number of benzene rings is 4. The van der Waals surface area contributed by atoms with Gasteiger partial charge < -0.3 is 4.57 Å². The van der Waals surface area contributed by atoms with E-state index in [1.54, 1.807) is 0 Å². The lowest BCUT2D eigenvalue weighted by molar-refractivity contribution is 0.595. The van der Waals surface area contributed by atoms with Crippen molar-refractivity contribution < 1.29 is 4.57 Å². The van der Waals surface area contributed by atoms with Gasteiger partial charge in [-0.1, -0.05) is 126 Å². The summed E-state index contributed by atoms with van der Waals surface area (Å²) in [7, 11) is 0. The maximum atomic E-state index is 14.2. The number of allylic oxidation sites excluding steroid dienone is 1. The maximum Gasteiger partial charge on any atom is 0.195 e. The zero-order chi connectivity index (χ0) is 23.1. The highest BCUT2D eigenvalue weighted by Gasteiger charge is 2.27. The standard InChI is InChI=1S/C28H23Cl2OPS/c29-24-17-13-22(14-18-24)28(23-15-19-25(30)20-16-23)12-7-21-33-32(31,26-8-3-1-4-9-26)27-10-5-2-6-11-27/h1-6,8-20H,7,21H2. The Hall–Kier alpha value is -2.22. The molecule has 0 N–H and O–H groups in total. The van der Waals surface area contributed by atoms with Crippen molar-refractivity contribution in [1.29, 1.82) is 0 Å². The van der Waals surface area contributed by atoms with E-state index in [0.29, 0.717) is 10.0 Å². The van der Waals surface area contributed by atoms with E-state index in [0.717, 1.165) is 39.5 Å². The molecule has 1 nitrogen and oxygen atoms in total. The Morgan fingerprint density at radius 1 is 0.667 bits per heavy atom. The molecule has 0 aliphatic heterocycles. The Kier molecular flexibility index (Phi) is 8.17. The van der Waals surface area contributed by atoms with Crippen LogP contribution in [0.4, 0.5) is 0 Å². The molecule has 4 aromatic carbocycles. The summed E-state index contributed by atoms with van der Waals surface area (Å²) in [4.78, 5) is 0. The molecule has 0 bridgehead atoms. The minimum Gasteiger partial charge on any atom is -0.302 e. The number of halogens is 2. The highest BCUT2D eigenvalue weighted by molar-refractivity contribution is 8.62. The second-order valence-electron chi connectivity index (χ2n) is 7.48. The predicted molar refractivity (Wildman–Crippen MR) is 147 cm³/mol. The van der Waals surface area contributed by atoms with Crippen LogP contribution in [0.5, 0.6) is 0 Å². The third kappa shape index (κ3) is 6.02. The minimum atomic E-state index is -2.79. The summed E-state index contributed by atoms with van der Waals surface area (Å²) < 4.78 is 14.2. The van der Waals surface area contributed by atoms with E-state index in [-0.39, 0.29) is 0 Å². The average molecular weight is 509 g/mol. The van der Waals surface area contributed by atoms with Crippen molar-refractivity contribution in [1.82, 2.24) is 0 Å². The summed E-state index contributed by atoms with van der Waals surface area (Å²) in [5, 5.41) is 3.16. The molecule has 0 unspecified atom stereocenters. The van der Waals surface area contributed by atoms with Crippen LogP contribution in [0.15, 0.2) is 115 Å². The van der Waals surface area contributed by atoms with Crippen molar-refractivity contribution in [2.75, 3.05) is 5.75 Å². The van der Waals surface area contributed by atoms with Crippen LogP contribution >= 0.6 is 40.9 Å². The van der Waals surface area contributed by atoms with Gasteiger partial charge in [-0.25, -0.2) is 0 Å². The summed E-state index contributed by atoms with van der Waals surface area (Å²) in [5.41, 5.74) is 3.28. The molecule has 5 heteroatoms. The van der Waals surface area contributed by atoms with Gasteiger partial charge in [0.2, 0.25) is 0 Å². The monoisotopic (exact) mass is 508 g/mol. The van der Waals surface area contributed by atoms with Crippen molar-refractivity contribution in [3.63, 3.8) is 0 Å². The van der Waals surface area contributed by atoms with Crippen molar-refractivity contribution in [2.24, 2.45) is 0 Å². The van der Waals surface area contributed by atoms with E-state index in [2.05, 4.69) is 6.08 Å². The quantitative estimate of drug-likeness (QED) is 0.175. The van der Waals surface area contributed by atoms with Crippen LogP contribution in [0.1, 0.15) is 17.5 Å². The first-order valence-corrected chi connectivity index (χ1v) is 14.7. The molecule has 0 aliphatic carbocycles. The lowest BCUT2D eigenvalue weighted by Crippen LogP contribution is -2.13. The summed E-state index contributed by atoms with van der Waals surface area (Å²) in [5.74, 6) is 0.728. The van der Waals surface area contributed by atoms with Gasteiger partial charge >= 0.3 is 0 Å². The molecule has 0 atom stereocenters. The molecule has 0 spiro atoms. The molecule has 0 saturated carbocycles. The van der Waals surface area contributed by atoms with Gasteiger partial charge in [-0.05, 0) is 47.4 Å². The van der Waals surface area contributed by atoms with Gasteiger partial charge in [-0.3, -0.25) is 0 Å². The molecule has 0 heterocycles. The van der Waals surface area contributed by atoms with E-state index in [9.17, 15) is 4.57 Å². The first kappa shape index (κ1) is 23.9. The zero-order valence-electron chi connectivity index (χ0n) is 17.9. The Morgan fingerprint density at radius 2 is 1.09 bits per heavy atom. The fourth-order valence-corrected chi connectivity index (χ4v) is 8.76. The smallest absolute Gasteiger partial charge is 0.195 e. The largest absolute Gasteiger partial charge is 0.302 e. The molecule has 33 heavy (non-hydrogen) atoms. The third-order valence-corrected chi connectivity index (χ3v) is 11.4. The fourth-order valence-electron chi connectivity index (χ4n) is 3.59. The minimum absolute atomic E-state index is 0.705. The van der Waals surface area contributed by atoms with Crippen LogP contribution in [0.25, 0.3) is 5.57 Å². The number of hydrogen-bond donors (Lipinski definition) is 0. The van der Waals surface area contributed by atoms with Gasteiger partial charge in [0.15, 0.2) is 6.34 Å². The first-order valence-electron chi connectivity index (χ1n) is 10.6. The lowest BCUT2D eigenvalue weighted by atomic mass is 9.97. The van der Waals surface area contributed by atoms with Crippen molar-refractivity contribution in [3.05, 3.63) is 136 Å². The molecule has 0 amide bonds. The summed E-state index contributed by atoms with van der Waals surface area (Å²) in [6.07, 6.45) is 0.192. The van der Waals surface area contributed by atoms with Gasteiger partial charge in [0.25, 0.3) is 0 Å². The van der Waals surface area contributed by atoms with Gasteiger partial charge in [0.1, 0.15) is 0 Å². The zero-order valence-corrected chi connectivity index (χ0v) is 21.1. The van der Waals surface area contributed by atoms with Crippen molar-refractivity contribution in [3.8, 4) is 0 Å². The lowest BCUT2D eigenvalue weighted by Gasteiger charge is -2.18. The third-order valence-electron chi connectivity index (χ3n) is 5.24.